The summed E-state index contributed by atoms with van der Waals surface area (Å²) in [6, 6.07) is 12.5. The molecule has 4 rings (SSSR count). The van der Waals surface area contributed by atoms with Gasteiger partial charge >= 0.3 is 0 Å². The Balaban J connectivity index is 1.44. The van der Waals surface area contributed by atoms with Gasteiger partial charge in [-0.3, -0.25) is 9.59 Å². The van der Waals surface area contributed by atoms with Crippen LogP contribution in [0.5, 0.6) is 0 Å². The summed E-state index contributed by atoms with van der Waals surface area (Å²) in [6.45, 7) is 9.90. The maximum atomic E-state index is 15.0. The zero-order chi connectivity index (χ0) is 25.1. The normalized spacial score (nSPS) is 22.2. The molecule has 2 aromatic rings. The molecule has 2 heterocycles. The van der Waals surface area contributed by atoms with Gasteiger partial charge in [0, 0.05) is 39.0 Å². The lowest BCUT2D eigenvalue weighted by atomic mass is 9.92. The Kier molecular flexibility index (Phi) is 7.75. The van der Waals surface area contributed by atoms with Gasteiger partial charge in [-0.1, -0.05) is 44.2 Å². The topological polar surface area (TPSA) is 61.9 Å². The number of morpholine rings is 1. The van der Waals surface area contributed by atoms with Crippen LogP contribution in [0.15, 0.2) is 42.5 Å². The maximum absolute atomic E-state index is 15.0. The summed E-state index contributed by atoms with van der Waals surface area (Å²) in [5.41, 5.74) is 3.41. The van der Waals surface area contributed by atoms with E-state index in [1.54, 1.807) is 11.0 Å². The van der Waals surface area contributed by atoms with E-state index in [0.717, 1.165) is 11.1 Å². The average molecular weight is 482 g/mol. The molecule has 0 spiro atoms. The minimum atomic E-state index is -0.573. The number of amides is 2. The highest BCUT2D eigenvalue weighted by atomic mass is 19.1. The molecule has 2 amide bonds. The van der Waals surface area contributed by atoms with Gasteiger partial charge in [0.05, 0.1) is 17.9 Å². The van der Waals surface area contributed by atoms with Crippen molar-refractivity contribution in [1.82, 2.24) is 10.2 Å². The molecule has 2 aliphatic rings. The van der Waals surface area contributed by atoms with E-state index in [9.17, 15) is 14.0 Å². The second-order valence-electron chi connectivity index (χ2n) is 10.3. The van der Waals surface area contributed by atoms with Gasteiger partial charge < -0.3 is 19.9 Å². The Morgan fingerprint density at radius 3 is 2.43 bits per heavy atom. The largest absolute Gasteiger partial charge is 0.372 e. The van der Waals surface area contributed by atoms with E-state index in [1.807, 2.05) is 62.9 Å². The lowest BCUT2D eigenvalue weighted by Crippen LogP contribution is -2.52. The van der Waals surface area contributed by atoms with Gasteiger partial charge in [0.15, 0.2) is 0 Å². The number of hydrogen-bond acceptors (Lipinski definition) is 4. The van der Waals surface area contributed by atoms with Crippen LogP contribution in [0, 0.1) is 11.7 Å². The number of carbonyl (C=O) groups excluding carboxylic acids is 2. The average Bonchev–Trinajstić information content (AvgIpc) is 2.80. The molecule has 3 unspecified atom stereocenters. The number of nitrogens with zero attached hydrogens (tertiary/aromatic N) is 2. The Morgan fingerprint density at radius 1 is 1.09 bits per heavy atom. The van der Waals surface area contributed by atoms with Crippen molar-refractivity contribution in [3.63, 3.8) is 0 Å². The van der Waals surface area contributed by atoms with Gasteiger partial charge in [-0.25, -0.2) is 4.39 Å². The summed E-state index contributed by atoms with van der Waals surface area (Å²) in [6.07, 6.45) is 0.961. The molecule has 6 nitrogen and oxygen atoms in total. The fourth-order valence-electron chi connectivity index (χ4n) is 5.08. The summed E-state index contributed by atoms with van der Waals surface area (Å²) in [5, 5.41) is 2.94. The molecule has 1 N–H and O–H groups in total. The number of ether oxygens (including phenoxy) is 1. The van der Waals surface area contributed by atoms with Crippen molar-refractivity contribution in [2.45, 2.75) is 71.9 Å². The van der Waals surface area contributed by atoms with Crippen LogP contribution in [-0.4, -0.2) is 48.1 Å². The number of rotatable bonds is 6. The van der Waals surface area contributed by atoms with Gasteiger partial charge in [-0.15, -0.1) is 0 Å². The Hall–Kier alpha value is -2.93. The van der Waals surface area contributed by atoms with Gasteiger partial charge in [0.2, 0.25) is 11.8 Å². The molecule has 1 fully saturated rings. The maximum Gasteiger partial charge on any atom is 0.243 e. The molecule has 7 heteroatoms. The molecule has 0 aliphatic carbocycles. The van der Waals surface area contributed by atoms with Crippen molar-refractivity contribution in [2.24, 2.45) is 5.92 Å². The van der Waals surface area contributed by atoms with Crippen molar-refractivity contribution in [2.75, 3.05) is 18.0 Å². The summed E-state index contributed by atoms with van der Waals surface area (Å²) in [7, 11) is 0. The standard InChI is InChI=1S/C28H36FN3O3/c1-18(2)11-27(33)32-17-23-8-6-5-7-22(23)13-26(32)28(34)30-14-21-9-10-25(24(29)12-21)31-15-19(3)35-20(4)16-31/h5-10,12,18-20,26H,11,13-17H2,1-4H3,(H,30,34). The van der Waals surface area contributed by atoms with Crippen molar-refractivity contribution in [1.29, 1.82) is 0 Å². The third kappa shape index (κ3) is 6.01. The van der Waals surface area contributed by atoms with Crippen LogP contribution >= 0.6 is 0 Å². The van der Waals surface area contributed by atoms with E-state index in [4.69, 9.17) is 4.74 Å². The molecule has 0 aromatic heterocycles. The first-order valence-corrected chi connectivity index (χ1v) is 12.5. The van der Waals surface area contributed by atoms with Crippen molar-refractivity contribution in [3.8, 4) is 0 Å². The molecular formula is C28H36FN3O3. The zero-order valence-electron chi connectivity index (χ0n) is 21.1. The number of nitrogens with one attached hydrogen (secondary N) is 1. The lowest BCUT2D eigenvalue weighted by molar-refractivity contribution is -0.142. The van der Waals surface area contributed by atoms with Crippen molar-refractivity contribution in [3.05, 3.63) is 65.0 Å². The highest BCUT2D eigenvalue weighted by Gasteiger charge is 2.34. The van der Waals surface area contributed by atoms with E-state index in [0.29, 0.717) is 43.7 Å². The van der Waals surface area contributed by atoms with Gasteiger partial charge in [-0.05, 0) is 48.6 Å². The van der Waals surface area contributed by atoms with Crippen molar-refractivity contribution < 1.29 is 18.7 Å². The van der Waals surface area contributed by atoms with Gasteiger partial charge in [0.1, 0.15) is 11.9 Å². The van der Waals surface area contributed by atoms with E-state index < -0.39 is 6.04 Å². The molecule has 188 valence electrons. The summed E-state index contributed by atoms with van der Waals surface area (Å²) in [5.74, 6) is -0.323. The third-order valence-electron chi connectivity index (χ3n) is 6.69. The quantitative estimate of drug-likeness (QED) is 0.676. The van der Waals surface area contributed by atoms with Crippen LogP contribution < -0.4 is 10.2 Å². The first-order valence-electron chi connectivity index (χ1n) is 12.5. The molecule has 2 aromatic carbocycles. The second kappa shape index (κ2) is 10.8. The number of carbonyl (C=O) groups is 2. The summed E-state index contributed by atoms with van der Waals surface area (Å²) < 4.78 is 20.7. The minimum absolute atomic E-state index is 0.0148. The van der Waals surface area contributed by atoms with Crippen molar-refractivity contribution >= 4 is 17.5 Å². The first-order chi connectivity index (χ1) is 16.7. The molecule has 1 saturated heterocycles. The van der Waals surface area contributed by atoms with Crippen LogP contribution in [0.1, 0.15) is 50.8 Å². The van der Waals surface area contributed by atoms with Crippen LogP contribution in [0.3, 0.4) is 0 Å². The molecule has 2 aliphatic heterocycles. The second-order valence-corrected chi connectivity index (χ2v) is 10.3. The fourth-order valence-corrected chi connectivity index (χ4v) is 5.08. The van der Waals surface area contributed by atoms with Gasteiger partial charge in [-0.2, -0.15) is 0 Å². The number of fused-ring (bicyclic) bond motifs is 1. The minimum Gasteiger partial charge on any atom is -0.372 e. The zero-order valence-corrected chi connectivity index (χ0v) is 21.1. The van der Waals surface area contributed by atoms with Crippen LogP contribution in [0.4, 0.5) is 10.1 Å². The van der Waals surface area contributed by atoms with E-state index in [-0.39, 0.29) is 42.3 Å². The fraction of sp³-hybridized carbons (Fsp3) is 0.500. The highest BCUT2D eigenvalue weighted by Crippen LogP contribution is 2.26. The van der Waals surface area contributed by atoms with Crippen LogP contribution in [0.25, 0.3) is 0 Å². The lowest BCUT2D eigenvalue weighted by Gasteiger charge is -2.37. The number of anilines is 1. The highest BCUT2D eigenvalue weighted by molar-refractivity contribution is 5.88. The summed E-state index contributed by atoms with van der Waals surface area (Å²) in [4.78, 5) is 29.9. The third-order valence-corrected chi connectivity index (χ3v) is 6.69. The Morgan fingerprint density at radius 2 is 1.77 bits per heavy atom. The summed E-state index contributed by atoms with van der Waals surface area (Å²) >= 11 is 0. The monoisotopic (exact) mass is 481 g/mol. The van der Waals surface area contributed by atoms with E-state index in [2.05, 4.69) is 5.32 Å². The van der Waals surface area contributed by atoms with E-state index >= 15 is 0 Å². The molecule has 0 radical (unpaired) electrons. The molecular weight excluding hydrogens is 445 g/mol. The molecule has 3 atom stereocenters. The van der Waals surface area contributed by atoms with Crippen LogP contribution in [-0.2, 0) is 33.8 Å². The SMILES string of the molecule is CC(C)CC(=O)N1Cc2ccccc2CC1C(=O)NCc1ccc(N2CC(C)OC(C)C2)c(F)c1. The predicted octanol–water partition coefficient (Wildman–Crippen LogP) is 4.06. The number of benzene rings is 2. The van der Waals surface area contributed by atoms with E-state index in [1.165, 1.54) is 6.07 Å². The molecule has 35 heavy (non-hydrogen) atoms. The smallest absolute Gasteiger partial charge is 0.243 e. The predicted molar refractivity (Wildman–Crippen MR) is 134 cm³/mol. The molecule has 0 saturated carbocycles. The first kappa shape index (κ1) is 25.2. The van der Waals surface area contributed by atoms with Gasteiger partial charge in [0.25, 0.3) is 0 Å². The van der Waals surface area contributed by atoms with Crippen LogP contribution in [0.2, 0.25) is 0 Å². The Labute approximate surface area is 207 Å². The molecule has 0 bridgehead atoms. The Bertz CT molecular complexity index is 1060. The number of halogens is 1. The number of hydrogen-bond donors (Lipinski definition) is 1.